The van der Waals surface area contributed by atoms with E-state index in [1.165, 1.54) is 21.2 Å². The van der Waals surface area contributed by atoms with Gasteiger partial charge in [-0.25, -0.2) is 8.42 Å². The van der Waals surface area contributed by atoms with Gasteiger partial charge < -0.3 is 4.90 Å². The van der Waals surface area contributed by atoms with E-state index < -0.39 is 10.0 Å². The van der Waals surface area contributed by atoms with Crippen LogP contribution in [0.3, 0.4) is 0 Å². The molecule has 4 rings (SSSR count). The molecule has 1 fully saturated rings. The highest BCUT2D eigenvalue weighted by Crippen LogP contribution is 2.33. The number of carbonyl (C=O) groups excluding carboxylic acids is 1. The zero-order valence-electron chi connectivity index (χ0n) is 15.4. The van der Waals surface area contributed by atoms with E-state index >= 15 is 0 Å². The summed E-state index contributed by atoms with van der Waals surface area (Å²) in [6, 6.07) is 10.5. The van der Waals surface area contributed by atoms with Gasteiger partial charge in [0, 0.05) is 31.1 Å². The number of benzene rings is 1. The largest absolute Gasteiger partial charge is 0.335 e. The fraction of sp³-hybridized carbons (Fsp3) is 0.450. The van der Waals surface area contributed by atoms with Crippen molar-refractivity contribution in [2.45, 2.75) is 31.1 Å². The number of hydrogen-bond donors (Lipinski definition) is 0. The lowest BCUT2D eigenvalue weighted by Gasteiger charge is -2.33. The number of aryl methyl sites for hydroxylation is 1. The summed E-state index contributed by atoms with van der Waals surface area (Å²) in [5.74, 6) is 0.723. The standard InChI is InChI=1S/C20H24N2O3S2/c1-15-7-8-18-16(13-15)14-19(26-18)20(23)21-9-11-22(12-10-21)27(24,25)17-5-3-2-4-6-17/h2-6,14-15H,7-13H2,1H3/t15-/m0/s1. The molecule has 1 atom stereocenters. The van der Waals surface area contributed by atoms with Crippen molar-refractivity contribution >= 4 is 27.3 Å². The molecule has 0 N–H and O–H groups in total. The number of amides is 1. The van der Waals surface area contributed by atoms with Gasteiger partial charge in [-0.15, -0.1) is 11.3 Å². The summed E-state index contributed by atoms with van der Waals surface area (Å²) in [4.78, 5) is 17.1. The Morgan fingerprint density at radius 1 is 1.11 bits per heavy atom. The van der Waals surface area contributed by atoms with E-state index in [0.29, 0.717) is 37.0 Å². The molecule has 2 aromatic rings. The molecule has 1 aliphatic heterocycles. The van der Waals surface area contributed by atoms with Crippen LogP contribution in [0.4, 0.5) is 0 Å². The first kappa shape index (κ1) is 18.7. The predicted octanol–water partition coefficient (Wildman–Crippen LogP) is 3.02. The van der Waals surface area contributed by atoms with Gasteiger partial charge in [-0.05, 0) is 48.9 Å². The number of hydrogen-bond acceptors (Lipinski definition) is 4. The van der Waals surface area contributed by atoms with Crippen molar-refractivity contribution in [3.63, 3.8) is 0 Å². The van der Waals surface area contributed by atoms with Gasteiger partial charge in [-0.2, -0.15) is 4.31 Å². The molecule has 27 heavy (non-hydrogen) atoms. The van der Waals surface area contributed by atoms with Gasteiger partial charge in [0.1, 0.15) is 0 Å². The predicted molar refractivity (Wildman–Crippen MR) is 107 cm³/mol. The van der Waals surface area contributed by atoms with E-state index in [4.69, 9.17) is 0 Å². The SMILES string of the molecule is C[C@H]1CCc2sc(C(=O)N3CCN(S(=O)(=O)c4ccccc4)CC3)cc2C1. The molecule has 1 amide bonds. The lowest BCUT2D eigenvalue weighted by Crippen LogP contribution is -2.50. The maximum Gasteiger partial charge on any atom is 0.264 e. The average Bonchev–Trinajstić information content (AvgIpc) is 3.11. The number of fused-ring (bicyclic) bond motifs is 1. The number of rotatable bonds is 3. The van der Waals surface area contributed by atoms with Crippen LogP contribution in [-0.2, 0) is 22.9 Å². The average molecular weight is 405 g/mol. The molecule has 0 bridgehead atoms. The van der Waals surface area contributed by atoms with Crippen LogP contribution < -0.4 is 0 Å². The summed E-state index contributed by atoms with van der Waals surface area (Å²) in [7, 11) is -3.49. The van der Waals surface area contributed by atoms with Crippen LogP contribution in [0.15, 0.2) is 41.3 Å². The quantitative estimate of drug-likeness (QED) is 0.790. The molecule has 0 radical (unpaired) electrons. The number of nitrogens with zero attached hydrogens (tertiary/aromatic N) is 2. The van der Waals surface area contributed by atoms with Gasteiger partial charge in [-0.1, -0.05) is 25.1 Å². The van der Waals surface area contributed by atoms with Gasteiger partial charge in [0.25, 0.3) is 5.91 Å². The van der Waals surface area contributed by atoms with Crippen LogP contribution in [-0.4, -0.2) is 49.7 Å². The Balaban J connectivity index is 1.43. The van der Waals surface area contributed by atoms with Crippen molar-refractivity contribution in [2.24, 2.45) is 5.92 Å². The smallest absolute Gasteiger partial charge is 0.264 e. The van der Waals surface area contributed by atoms with Crippen LogP contribution in [0.5, 0.6) is 0 Å². The first-order valence-corrected chi connectivity index (χ1v) is 11.7. The Labute approximate surface area is 164 Å². The summed E-state index contributed by atoms with van der Waals surface area (Å²) in [6.07, 6.45) is 3.32. The van der Waals surface area contributed by atoms with Crippen LogP contribution in [0, 0.1) is 5.92 Å². The van der Waals surface area contributed by atoms with E-state index in [1.807, 2.05) is 0 Å². The van der Waals surface area contributed by atoms with Crippen molar-refractivity contribution in [1.29, 1.82) is 0 Å². The van der Waals surface area contributed by atoms with Gasteiger partial charge in [0.2, 0.25) is 10.0 Å². The van der Waals surface area contributed by atoms with Gasteiger partial charge in [0.05, 0.1) is 9.77 Å². The van der Waals surface area contributed by atoms with Crippen molar-refractivity contribution in [3.05, 3.63) is 51.7 Å². The monoisotopic (exact) mass is 404 g/mol. The van der Waals surface area contributed by atoms with Gasteiger partial charge in [-0.3, -0.25) is 4.79 Å². The summed E-state index contributed by atoms with van der Waals surface area (Å²) in [6.45, 7) is 3.80. The second-order valence-electron chi connectivity index (χ2n) is 7.42. The first-order valence-electron chi connectivity index (χ1n) is 9.41. The summed E-state index contributed by atoms with van der Waals surface area (Å²) in [5.41, 5.74) is 1.33. The molecule has 1 aromatic heterocycles. The molecule has 1 aliphatic carbocycles. The molecule has 144 valence electrons. The van der Waals surface area contributed by atoms with Gasteiger partial charge >= 0.3 is 0 Å². The van der Waals surface area contributed by atoms with Crippen molar-refractivity contribution in [1.82, 2.24) is 9.21 Å². The summed E-state index contributed by atoms with van der Waals surface area (Å²) in [5, 5.41) is 0. The third kappa shape index (κ3) is 3.68. The van der Waals surface area contributed by atoms with Crippen LogP contribution in [0.1, 0.15) is 33.5 Å². The van der Waals surface area contributed by atoms with Crippen LogP contribution >= 0.6 is 11.3 Å². The minimum atomic E-state index is -3.49. The molecular weight excluding hydrogens is 380 g/mol. The minimum absolute atomic E-state index is 0.0406. The molecule has 2 heterocycles. The summed E-state index contributed by atoms with van der Waals surface area (Å²) < 4.78 is 26.9. The third-order valence-electron chi connectivity index (χ3n) is 5.45. The van der Waals surface area contributed by atoms with E-state index in [-0.39, 0.29) is 5.91 Å². The molecule has 0 unspecified atom stereocenters. The van der Waals surface area contributed by atoms with Crippen LogP contribution in [0.2, 0.25) is 0 Å². The first-order chi connectivity index (χ1) is 12.9. The maximum absolute atomic E-state index is 12.9. The zero-order valence-corrected chi connectivity index (χ0v) is 17.1. The molecule has 1 saturated heterocycles. The highest BCUT2D eigenvalue weighted by Gasteiger charge is 2.31. The fourth-order valence-corrected chi connectivity index (χ4v) is 6.46. The van der Waals surface area contributed by atoms with Crippen LogP contribution in [0.25, 0.3) is 0 Å². The molecule has 1 aromatic carbocycles. The Morgan fingerprint density at radius 3 is 2.52 bits per heavy atom. The molecule has 2 aliphatic rings. The van der Waals surface area contributed by atoms with E-state index in [0.717, 1.165) is 17.7 Å². The normalized spacial score (nSPS) is 21.1. The Kier molecular flexibility index (Phi) is 5.09. The van der Waals surface area contributed by atoms with E-state index in [1.54, 1.807) is 46.6 Å². The number of sulfonamides is 1. The second kappa shape index (κ2) is 7.37. The highest BCUT2D eigenvalue weighted by atomic mass is 32.2. The van der Waals surface area contributed by atoms with Crippen molar-refractivity contribution < 1.29 is 13.2 Å². The van der Waals surface area contributed by atoms with E-state index in [2.05, 4.69) is 13.0 Å². The van der Waals surface area contributed by atoms with Gasteiger partial charge in [0.15, 0.2) is 0 Å². The number of piperazine rings is 1. The zero-order chi connectivity index (χ0) is 19.0. The second-order valence-corrected chi connectivity index (χ2v) is 10.5. The number of thiophene rings is 1. The number of carbonyl (C=O) groups is 1. The Morgan fingerprint density at radius 2 is 1.81 bits per heavy atom. The highest BCUT2D eigenvalue weighted by molar-refractivity contribution is 7.89. The molecule has 0 saturated carbocycles. The lowest BCUT2D eigenvalue weighted by atomic mass is 9.90. The van der Waals surface area contributed by atoms with Crippen molar-refractivity contribution in [3.8, 4) is 0 Å². The third-order valence-corrected chi connectivity index (χ3v) is 8.58. The minimum Gasteiger partial charge on any atom is -0.335 e. The fourth-order valence-electron chi connectivity index (χ4n) is 3.84. The molecule has 0 spiro atoms. The Hall–Kier alpha value is -1.70. The molecular formula is C20H24N2O3S2. The summed E-state index contributed by atoms with van der Waals surface area (Å²) >= 11 is 1.62. The maximum atomic E-state index is 12.9. The van der Waals surface area contributed by atoms with Crippen molar-refractivity contribution in [2.75, 3.05) is 26.2 Å². The topological polar surface area (TPSA) is 57.7 Å². The lowest BCUT2D eigenvalue weighted by molar-refractivity contribution is 0.0702. The Bertz CT molecular complexity index is 929. The van der Waals surface area contributed by atoms with E-state index in [9.17, 15) is 13.2 Å². The molecule has 5 nitrogen and oxygen atoms in total. The molecule has 7 heteroatoms.